The minimum atomic E-state index is -1.10. The van der Waals surface area contributed by atoms with Gasteiger partial charge in [-0.3, -0.25) is 0 Å². The smallest absolute Gasteiger partial charge is 0.191 e. The number of guanidine groups is 1. The molecule has 0 bridgehead atoms. The Morgan fingerprint density at radius 3 is 2.83 bits per heavy atom. The van der Waals surface area contributed by atoms with E-state index < -0.39 is 5.60 Å². The first-order valence-corrected chi connectivity index (χ1v) is 8.03. The van der Waals surface area contributed by atoms with E-state index in [4.69, 9.17) is 4.42 Å². The largest absolute Gasteiger partial charge is 0.466 e. The van der Waals surface area contributed by atoms with Crippen LogP contribution < -0.4 is 10.6 Å². The van der Waals surface area contributed by atoms with Gasteiger partial charge in [-0.25, -0.2) is 9.98 Å². The van der Waals surface area contributed by atoms with Gasteiger partial charge in [0, 0.05) is 17.6 Å². The standard InChI is InChI=1S/C15H22N4O2S.HI/c1-4-16-14(18-9-13-17-8-11(2)22-13)19-10-15(3,20)12-6-5-7-21-12;/h5-8,20H,4,9-10H2,1-3H3,(H2,16,18,19);1H. The zero-order valence-electron chi connectivity index (χ0n) is 13.5. The molecule has 23 heavy (non-hydrogen) atoms. The molecular weight excluding hydrogens is 427 g/mol. The summed E-state index contributed by atoms with van der Waals surface area (Å²) in [4.78, 5) is 9.94. The fraction of sp³-hybridized carbons (Fsp3) is 0.467. The molecular formula is C15H23IN4O2S. The number of hydrogen-bond acceptors (Lipinski definition) is 5. The van der Waals surface area contributed by atoms with Crippen molar-refractivity contribution in [3.8, 4) is 0 Å². The summed E-state index contributed by atoms with van der Waals surface area (Å²) in [5, 5.41) is 17.7. The first-order valence-electron chi connectivity index (χ1n) is 7.21. The Morgan fingerprint density at radius 1 is 1.48 bits per heavy atom. The Labute approximate surface area is 157 Å². The van der Waals surface area contributed by atoms with Crippen molar-refractivity contribution < 1.29 is 9.52 Å². The van der Waals surface area contributed by atoms with Crippen LogP contribution in [0.5, 0.6) is 0 Å². The van der Waals surface area contributed by atoms with Crippen LogP contribution in [-0.2, 0) is 12.1 Å². The van der Waals surface area contributed by atoms with Crippen LogP contribution in [0.4, 0.5) is 0 Å². The molecule has 0 aliphatic heterocycles. The van der Waals surface area contributed by atoms with E-state index in [0.29, 0.717) is 24.8 Å². The number of aromatic nitrogens is 1. The van der Waals surface area contributed by atoms with E-state index in [2.05, 4.69) is 20.6 Å². The lowest BCUT2D eigenvalue weighted by Gasteiger charge is -2.22. The number of aryl methyl sites for hydroxylation is 1. The van der Waals surface area contributed by atoms with Gasteiger partial charge >= 0.3 is 0 Å². The molecule has 0 aliphatic carbocycles. The predicted octanol–water partition coefficient (Wildman–Crippen LogP) is 2.63. The highest BCUT2D eigenvalue weighted by atomic mass is 127. The van der Waals surface area contributed by atoms with Crippen molar-refractivity contribution in [3.63, 3.8) is 0 Å². The van der Waals surface area contributed by atoms with Gasteiger partial charge in [-0.1, -0.05) is 0 Å². The second-order valence-electron chi connectivity index (χ2n) is 5.16. The van der Waals surface area contributed by atoms with E-state index >= 15 is 0 Å². The maximum Gasteiger partial charge on any atom is 0.191 e. The third-order valence-corrected chi connectivity index (χ3v) is 3.94. The van der Waals surface area contributed by atoms with Crippen LogP contribution in [0.2, 0.25) is 0 Å². The maximum absolute atomic E-state index is 10.4. The van der Waals surface area contributed by atoms with E-state index in [1.54, 1.807) is 36.7 Å². The summed E-state index contributed by atoms with van der Waals surface area (Å²) in [5.74, 6) is 1.16. The summed E-state index contributed by atoms with van der Waals surface area (Å²) in [6.45, 7) is 7.27. The molecule has 2 aromatic rings. The van der Waals surface area contributed by atoms with Gasteiger partial charge in [-0.15, -0.1) is 35.3 Å². The summed E-state index contributed by atoms with van der Waals surface area (Å²) in [7, 11) is 0. The summed E-state index contributed by atoms with van der Waals surface area (Å²) in [5.41, 5.74) is -1.10. The van der Waals surface area contributed by atoms with Crippen LogP contribution in [0, 0.1) is 6.92 Å². The summed E-state index contributed by atoms with van der Waals surface area (Å²) in [6.07, 6.45) is 3.39. The van der Waals surface area contributed by atoms with Crippen molar-refractivity contribution in [3.05, 3.63) is 40.2 Å². The molecule has 0 radical (unpaired) electrons. The van der Waals surface area contributed by atoms with E-state index in [9.17, 15) is 5.11 Å². The van der Waals surface area contributed by atoms with Crippen LogP contribution in [0.15, 0.2) is 34.0 Å². The molecule has 1 atom stereocenters. The number of aliphatic hydroxyl groups is 1. The molecule has 2 aromatic heterocycles. The van der Waals surface area contributed by atoms with Gasteiger partial charge < -0.3 is 20.2 Å². The SMILES string of the molecule is CCNC(=NCc1ncc(C)s1)NCC(C)(O)c1ccco1.I. The Morgan fingerprint density at radius 2 is 2.26 bits per heavy atom. The van der Waals surface area contributed by atoms with Gasteiger partial charge in [0.1, 0.15) is 16.4 Å². The van der Waals surface area contributed by atoms with Gasteiger partial charge in [0.25, 0.3) is 0 Å². The number of rotatable bonds is 6. The molecule has 0 saturated heterocycles. The fourth-order valence-electron chi connectivity index (χ4n) is 1.89. The van der Waals surface area contributed by atoms with E-state index in [1.807, 2.05) is 20.0 Å². The third-order valence-electron chi connectivity index (χ3n) is 3.04. The molecule has 8 heteroatoms. The Bertz CT molecular complexity index is 611. The van der Waals surface area contributed by atoms with Crippen LogP contribution in [0.1, 0.15) is 29.5 Å². The van der Waals surface area contributed by atoms with Crippen molar-refractivity contribution >= 4 is 41.3 Å². The number of aliphatic imine (C=N–C) groups is 1. The van der Waals surface area contributed by atoms with Crippen molar-refractivity contribution in [2.45, 2.75) is 32.9 Å². The molecule has 128 valence electrons. The quantitative estimate of drug-likeness (QED) is 0.358. The number of thiazole rings is 1. The third kappa shape index (κ3) is 6.11. The van der Waals surface area contributed by atoms with E-state index in [-0.39, 0.29) is 24.0 Å². The fourth-order valence-corrected chi connectivity index (χ4v) is 2.60. The molecule has 0 spiro atoms. The lowest BCUT2D eigenvalue weighted by atomic mass is 10.0. The monoisotopic (exact) mass is 450 g/mol. The number of nitrogens with zero attached hydrogens (tertiary/aromatic N) is 2. The second kappa shape index (κ2) is 9.24. The highest BCUT2D eigenvalue weighted by Gasteiger charge is 2.26. The minimum absolute atomic E-state index is 0. The zero-order chi connectivity index (χ0) is 16.0. The maximum atomic E-state index is 10.4. The lowest BCUT2D eigenvalue weighted by molar-refractivity contribution is 0.0386. The summed E-state index contributed by atoms with van der Waals surface area (Å²) < 4.78 is 5.26. The van der Waals surface area contributed by atoms with Crippen molar-refractivity contribution in [1.82, 2.24) is 15.6 Å². The van der Waals surface area contributed by atoms with Crippen LogP contribution >= 0.6 is 35.3 Å². The van der Waals surface area contributed by atoms with Gasteiger partial charge in [-0.05, 0) is 32.9 Å². The highest BCUT2D eigenvalue weighted by Crippen LogP contribution is 2.19. The predicted molar refractivity (Wildman–Crippen MR) is 103 cm³/mol. The number of furan rings is 1. The van der Waals surface area contributed by atoms with E-state index in [0.717, 1.165) is 11.6 Å². The molecule has 2 rings (SSSR count). The summed E-state index contributed by atoms with van der Waals surface area (Å²) >= 11 is 1.63. The molecule has 0 aromatic carbocycles. The van der Waals surface area contributed by atoms with Crippen LogP contribution in [-0.4, -0.2) is 29.1 Å². The molecule has 0 saturated carbocycles. The molecule has 0 aliphatic rings. The Hall–Kier alpha value is -1.13. The van der Waals surface area contributed by atoms with Gasteiger partial charge in [0.15, 0.2) is 5.96 Å². The number of halogens is 1. The Kier molecular flexibility index (Phi) is 8.00. The molecule has 2 heterocycles. The van der Waals surface area contributed by atoms with Crippen molar-refractivity contribution in [2.24, 2.45) is 4.99 Å². The minimum Gasteiger partial charge on any atom is -0.466 e. The lowest BCUT2D eigenvalue weighted by Crippen LogP contribution is -2.44. The van der Waals surface area contributed by atoms with E-state index in [1.165, 1.54) is 4.88 Å². The number of nitrogens with one attached hydrogen (secondary N) is 2. The molecule has 1 unspecified atom stereocenters. The molecule has 3 N–H and O–H groups in total. The topological polar surface area (TPSA) is 82.7 Å². The summed E-state index contributed by atoms with van der Waals surface area (Å²) in [6, 6.07) is 3.51. The molecule has 0 fully saturated rings. The van der Waals surface area contributed by atoms with Crippen LogP contribution in [0.3, 0.4) is 0 Å². The van der Waals surface area contributed by atoms with Crippen molar-refractivity contribution in [2.75, 3.05) is 13.1 Å². The Balaban J connectivity index is 0.00000264. The first-order chi connectivity index (χ1) is 10.5. The average molecular weight is 450 g/mol. The van der Waals surface area contributed by atoms with Gasteiger partial charge in [-0.2, -0.15) is 0 Å². The molecule has 0 amide bonds. The molecule has 6 nitrogen and oxygen atoms in total. The zero-order valence-corrected chi connectivity index (χ0v) is 16.6. The van der Waals surface area contributed by atoms with Gasteiger partial charge in [0.05, 0.1) is 19.4 Å². The van der Waals surface area contributed by atoms with Gasteiger partial charge in [0.2, 0.25) is 0 Å². The normalized spacial score (nSPS) is 14.0. The van der Waals surface area contributed by atoms with Crippen molar-refractivity contribution in [1.29, 1.82) is 0 Å². The second-order valence-corrected chi connectivity index (χ2v) is 6.48. The van der Waals surface area contributed by atoms with Crippen LogP contribution in [0.25, 0.3) is 0 Å². The number of hydrogen-bond donors (Lipinski definition) is 3. The first kappa shape index (κ1) is 19.9. The highest BCUT2D eigenvalue weighted by molar-refractivity contribution is 14.0. The average Bonchev–Trinajstić information content (AvgIpc) is 3.13.